The molecule has 0 bridgehead atoms. The second-order valence-electron chi connectivity index (χ2n) is 10.7. The predicted octanol–water partition coefficient (Wildman–Crippen LogP) is 10.8. The summed E-state index contributed by atoms with van der Waals surface area (Å²) in [6, 6.07) is 19.5. The van der Waals surface area contributed by atoms with E-state index >= 15 is 0 Å². The molecule has 0 spiro atoms. The second kappa shape index (κ2) is 33.4. The van der Waals surface area contributed by atoms with Gasteiger partial charge in [-0.25, -0.2) is 0 Å². The Kier molecular flexibility index (Phi) is 33.4. The Morgan fingerprint density at radius 3 is 1.00 bits per heavy atom. The van der Waals surface area contributed by atoms with Crippen molar-refractivity contribution in [1.29, 1.82) is 0 Å². The first-order valence-electron chi connectivity index (χ1n) is 16.4. The normalized spacial score (nSPS) is 10.4. The minimum absolute atomic E-state index is 0. The van der Waals surface area contributed by atoms with Crippen LogP contribution < -0.4 is 34.3 Å². The van der Waals surface area contributed by atoms with Crippen molar-refractivity contribution in [2.45, 2.75) is 142 Å². The summed E-state index contributed by atoms with van der Waals surface area (Å²) in [5.74, 6) is 4.49. The Balaban J connectivity index is 0. The standard InChI is InChI=1S/C24H50S2.C12H10O.Na.H/c1-3-5-7-9-11-13-15-17-19-21-23-25-26-24-22-20-18-16-14-12-10-8-6-4-2;1-3-7-11(8-4-1)13-12-9-5-2-6-10-12;;/h3-24H2,1-2H3;1-10H;;/q;;+1;-1. The van der Waals surface area contributed by atoms with Crippen molar-refractivity contribution in [2.24, 2.45) is 0 Å². The van der Waals surface area contributed by atoms with Gasteiger partial charge in [-0.3, -0.25) is 0 Å². The first-order chi connectivity index (χ1) is 19.4. The van der Waals surface area contributed by atoms with E-state index in [-0.39, 0.29) is 31.0 Å². The number of hydrogen-bond acceptors (Lipinski definition) is 3. The van der Waals surface area contributed by atoms with Crippen LogP contribution in [-0.2, 0) is 0 Å². The van der Waals surface area contributed by atoms with E-state index in [4.69, 9.17) is 4.74 Å². The Hall–Kier alpha value is -0.0600. The second-order valence-corrected chi connectivity index (χ2v) is 13.4. The van der Waals surface area contributed by atoms with E-state index in [0.717, 1.165) is 11.5 Å². The van der Waals surface area contributed by atoms with Gasteiger partial charge in [0.05, 0.1) is 0 Å². The van der Waals surface area contributed by atoms with Crippen LogP contribution in [0.3, 0.4) is 0 Å². The molecule has 1 nitrogen and oxygen atoms in total. The first-order valence-corrected chi connectivity index (χ1v) is 18.9. The molecule has 0 amide bonds. The predicted molar refractivity (Wildman–Crippen MR) is 183 cm³/mol. The summed E-state index contributed by atoms with van der Waals surface area (Å²) in [6.07, 6.45) is 29.1. The third-order valence-corrected chi connectivity index (χ3v) is 9.55. The topological polar surface area (TPSA) is 9.23 Å². The molecule has 0 heterocycles. The summed E-state index contributed by atoms with van der Waals surface area (Å²) in [5.41, 5.74) is 0. The zero-order valence-electron chi connectivity index (χ0n) is 27.6. The summed E-state index contributed by atoms with van der Waals surface area (Å²) < 4.78 is 5.58. The third kappa shape index (κ3) is 28.1. The van der Waals surface area contributed by atoms with Gasteiger partial charge >= 0.3 is 29.6 Å². The van der Waals surface area contributed by atoms with Gasteiger partial charge in [0.1, 0.15) is 11.5 Å². The summed E-state index contributed by atoms with van der Waals surface area (Å²) in [4.78, 5) is 0. The zero-order chi connectivity index (χ0) is 27.9. The fraction of sp³-hybridized carbons (Fsp3) is 0.667. The molecule has 0 unspecified atom stereocenters. The molecule has 4 heteroatoms. The Bertz CT molecular complexity index is 659. The maximum absolute atomic E-state index is 5.58. The summed E-state index contributed by atoms with van der Waals surface area (Å²) >= 11 is 0. The van der Waals surface area contributed by atoms with Crippen molar-refractivity contribution >= 4 is 21.6 Å². The van der Waals surface area contributed by atoms with Crippen LogP contribution in [0.5, 0.6) is 11.5 Å². The largest absolute Gasteiger partial charge is 1.00 e. The molecule has 0 N–H and O–H groups in total. The van der Waals surface area contributed by atoms with Gasteiger partial charge in [-0.1, -0.05) is 187 Å². The number of hydrogen-bond donors (Lipinski definition) is 0. The minimum atomic E-state index is 0. The SMILES string of the molecule is CCCCCCCCCCCCSSCCCCCCCCCCCC.[H-].[Na+].c1ccc(Oc2ccccc2)cc1. The Morgan fingerprint density at radius 2 is 0.700 bits per heavy atom. The van der Waals surface area contributed by atoms with Crippen LogP contribution >= 0.6 is 21.6 Å². The Morgan fingerprint density at radius 1 is 0.425 bits per heavy atom. The smallest absolute Gasteiger partial charge is 1.00 e. The maximum atomic E-state index is 5.58. The van der Waals surface area contributed by atoms with Crippen molar-refractivity contribution in [2.75, 3.05) is 11.5 Å². The molecular formula is C36H61NaOS2. The van der Waals surface area contributed by atoms with Gasteiger partial charge in [0.15, 0.2) is 0 Å². The van der Waals surface area contributed by atoms with Crippen molar-refractivity contribution in [3.63, 3.8) is 0 Å². The molecule has 2 aromatic rings. The molecule has 40 heavy (non-hydrogen) atoms. The van der Waals surface area contributed by atoms with E-state index in [2.05, 4.69) is 35.4 Å². The number of rotatable bonds is 25. The van der Waals surface area contributed by atoms with Crippen molar-refractivity contribution in [3.8, 4) is 11.5 Å². The van der Waals surface area contributed by atoms with E-state index < -0.39 is 0 Å². The molecule has 0 radical (unpaired) electrons. The molecule has 0 saturated carbocycles. The molecule has 2 aromatic carbocycles. The Labute approximate surface area is 281 Å². The van der Waals surface area contributed by atoms with Gasteiger partial charge in [-0.15, -0.1) is 0 Å². The summed E-state index contributed by atoms with van der Waals surface area (Å²) in [7, 11) is 4.25. The number of unbranched alkanes of at least 4 members (excludes halogenated alkanes) is 18. The molecule has 0 aliphatic carbocycles. The van der Waals surface area contributed by atoms with Crippen molar-refractivity contribution in [1.82, 2.24) is 0 Å². The minimum Gasteiger partial charge on any atom is -1.00 e. The molecule has 0 aliphatic rings. The molecule has 2 rings (SSSR count). The van der Waals surface area contributed by atoms with Gasteiger partial charge in [0, 0.05) is 11.5 Å². The van der Waals surface area contributed by atoms with Gasteiger partial charge < -0.3 is 6.16 Å². The quantitative estimate of drug-likeness (QED) is 0.0641. The van der Waals surface area contributed by atoms with E-state index in [0.29, 0.717) is 0 Å². The molecule has 0 aromatic heterocycles. The van der Waals surface area contributed by atoms with Crippen LogP contribution in [0.4, 0.5) is 0 Å². The molecule has 224 valence electrons. The van der Waals surface area contributed by atoms with Gasteiger partial charge in [-0.05, 0) is 37.1 Å². The maximum Gasteiger partial charge on any atom is 1.00 e. The third-order valence-electron chi connectivity index (χ3n) is 6.97. The molecule has 0 atom stereocenters. The fourth-order valence-electron chi connectivity index (χ4n) is 4.53. The number of ether oxygens (including phenoxy) is 1. The average molecular weight is 597 g/mol. The van der Waals surface area contributed by atoms with Crippen LogP contribution in [0.1, 0.15) is 144 Å². The van der Waals surface area contributed by atoms with Crippen molar-refractivity contribution in [3.05, 3.63) is 60.7 Å². The van der Waals surface area contributed by atoms with E-state index in [1.54, 1.807) is 0 Å². The molecular weight excluding hydrogens is 536 g/mol. The average Bonchev–Trinajstić information content (AvgIpc) is 2.97. The van der Waals surface area contributed by atoms with E-state index in [9.17, 15) is 0 Å². The van der Waals surface area contributed by atoms with Crippen molar-refractivity contribution < 1.29 is 35.7 Å². The van der Waals surface area contributed by atoms with Crippen LogP contribution in [0, 0.1) is 0 Å². The summed E-state index contributed by atoms with van der Waals surface area (Å²) in [5, 5.41) is 0. The van der Waals surface area contributed by atoms with Crippen LogP contribution in [-0.4, -0.2) is 11.5 Å². The molecule has 0 saturated heterocycles. The molecule has 0 aliphatic heterocycles. The van der Waals surface area contributed by atoms with E-state index in [1.807, 2.05) is 60.7 Å². The summed E-state index contributed by atoms with van der Waals surface area (Å²) in [6.45, 7) is 4.60. The van der Waals surface area contributed by atoms with Gasteiger partial charge in [0.2, 0.25) is 0 Å². The van der Waals surface area contributed by atoms with Crippen LogP contribution in [0.15, 0.2) is 60.7 Å². The monoisotopic (exact) mass is 596 g/mol. The van der Waals surface area contributed by atoms with Crippen LogP contribution in [0.2, 0.25) is 0 Å². The number of para-hydroxylation sites is 2. The van der Waals surface area contributed by atoms with Gasteiger partial charge in [-0.2, -0.15) is 0 Å². The van der Waals surface area contributed by atoms with Gasteiger partial charge in [0.25, 0.3) is 0 Å². The van der Waals surface area contributed by atoms with Crippen LogP contribution in [0.25, 0.3) is 0 Å². The zero-order valence-corrected chi connectivity index (χ0v) is 30.2. The first kappa shape index (κ1) is 39.9. The number of benzene rings is 2. The van der Waals surface area contributed by atoms with E-state index in [1.165, 1.54) is 140 Å². The molecule has 0 fully saturated rings. The fourth-order valence-corrected chi connectivity index (χ4v) is 6.82.